The van der Waals surface area contributed by atoms with E-state index < -0.39 is 6.36 Å². The average molecular weight is 245 g/mol. The van der Waals surface area contributed by atoms with Gasteiger partial charge in [-0.1, -0.05) is 0 Å². The number of halogens is 3. The fraction of sp³-hybridized carbons (Fsp3) is 0.455. The van der Waals surface area contributed by atoms with Crippen molar-refractivity contribution in [2.75, 3.05) is 31.1 Å². The number of hydrogen-bond donors (Lipinski definition) is 0. The molecule has 0 N–H and O–H groups in total. The predicted octanol–water partition coefficient (Wildman–Crippen LogP) is 2.01. The summed E-state index contributed by atoms with van der Waals surface area (Å²) in [6.07, 6.45) is -4.63. The molecule has 0 aromatic heterocycles. The summed E-state index contributed by atoms with van der Waals surface area (Å²) in [6, 6.07) is 5.92. The minimum Gasteiger partial charge on any atom is -0.406 e. The standard InChI is InChI=1S/C11H12F3N2O/c12-11(13,14)17-10-3-1-9(2-4-10)16-7-5-15-6-8-16/h1-4H,5-8H2. The maximum Gasteiger partial charge on any atom is 0.573 e. The second kappa shape index (κ2) is 4.83. The summed E-state index contributed by atoms with van der Waals surface area (Å²) in [5.74, 6) is -0.192. The molecule has 1 aliphatic heterocycles. The van der Waals surface area contributed by atoms with Gasteiger partial charge in [0.1, 0.15) is 5.75 Å². The summed E-state index contributed by atoms with van der Waals surface area (Å²) in [4.78, 5) is 2.09. The SMILES string of the molecule is FC(F)(F)Oc1ccc(N2CC[N]CC2)cc1. The molecule has 3 nitrogen and oxygen atoms in total. The van der Waals surface area contributed by atoms with Crippen molar-refractivity contribution in [2.24, 2.45) is 0 Å². The van der Waals surface area contributed by atoms with E-state index in [-0.39, 0.29) is 5.75 Å². The summed E-state index contributed by atoms with van der Waals surface area (Å²) in [5.41, 5.74) is 0.898. The molecule has 1 radical (unpaired) electrons. The molecule has 93 valence electrons. The molecule has 1 saturated heterocycles. The molecule has 1 fully saturated rings. The van der Waals surface area contributed by atoms with Crippen LogP contribution in [0.25, 0.3) is 0 Å². The molecule has 2 rings (SSSR count). The van der Waals surface area contributed by atoms with Gasteiger partial charge in [-0.25, -0.2) is 5.32 Å². The number of alkyl halides is 3. The first-order valence-corrected chi connectivity index (χ1v) is 5.29. The molecule has 0 atom stereocenters. The topological polar surface area (TPSA) is 26.6 Å². The molecule has 0 saturated carbocycles. The summed E-state index contributed by atoms with van der Waals surface area (Å²) >= 11 is 0. The third-order valence-corrected chi connectivity index (χ3v) is 2.49. The van der Waals surface area contributed by atoms with Crippen LogP contribution in [-0.4, -0.2) is 32.5 Å². The lowest BCUT2D eigenvalue weighted by atomic mass is 10.2. The van der Waals surface area contributed by atoms with Crippen LogP contribution in [0.15, 0.2) is 24.3 Å². The Bertz CT molecular complexity index is 358. The van der Waals surface area contributed by atoms with Gasteiger partial charge in [-0.05, 0) is 24.3 Å². The fourth-order valence-corrected chi connectivity index (χ4v) is 1.72. The predicted molar refractivity (Wildman–Crippen MR) is 57.2 cm³/mol. The minimum atomic E-state index is -4.63. The molecular weight excluding hydrogens is 233 g/mol. The zero-order chi connectivity index (χ0) is 12.3. The molecule has 0 bridgehead atoms. The van der Waals surface area contributed by atoms with Gasteiger partial charge in [0.05, 0.1) is 0 Å². The summed E-state index contributed by atoms with van der Waals surface area (Å²) in [6.45, 7) is 3.14. The fourth-order valence-electron chi connectivity index (χ4n) is 1.72. The van der Waals surface area contributed by atoms with Crippen molar-refractivity contribution in [3.8, 4) is 5.75 Å². The van der Waals surface area contributed by atoms with E-state index in [1.165, 1.54) is 12.1 Å². The lowest BCUT2D eigenvalue weighted by molar-refractivity contribution is -0.274. The third kappa shape index (κ3) is 3.52. The highest BCUT2D eigenvalue weighted by Crippen LogP contribution is 2.25. The number of ether oxygens (including phenoxy) is 1. The Morgan fingerprint density at radius 3 is 2.18 bits per heavy atom. The molecular formula is C11H12F3N2O. The van der Waals surface area contributed by atoms with Crippen molar-refractivity contribution < 1.29 is 17.9 Å². The number of anilines is 1. The molecule has 0 spiro atoms. The van der Waals surface area contributed by atoms with Crippen LogP contribution in [0.5, 0.6) is 5.75 Å². The van der Waals surface area contributed by atoms with E-state index in [1.54, 1.807) is 12.1 Å². The highest BCUT2D eigenvalue weighted by molar-refractivity contribution is 5.49. The second-order valence-corrected chi connectivity index (χ2v) is 3.70. The van der Waals surface area contributed by atoms with Crippen molar-refractivity contribution in [1.82, 2.24) is 5.32 Å². The van der Waals surface area contributed by atoms with E-state index >= 15 is 0 Å². The van der Waals surface area contributed by atoms with Gasteiger partial charge in [-0.3, -0.25) is 0 Å². The van der Waals surface area contributed by atoms with E-state index in [9.17, 15) is 13.2 Å². The number of rotatable bonds is 2. The van der Waals surface area contributed by atoms with Gasteiger partial charge in [0.2, 0.25) is 0 Å². The minimum absolute atomic E-state index is 0.192. The first-order chi connectivity index (χ1) is 8.04. The molecule has 0 aliphatic carbocycles. The zero-order valence-corrected chi connectivity index (χ0v) is 9.07. The number of benzene rings is 1. The molecule has 1 aromatic carbocycles. The van der Waals surface area contributed by atoms with Gasteiger partial charge >= 0.3 is 6.36 Å². The van der Waals surface area contributed by atoms with E-state index in [2.05, 4.69) is 15.0 Å². The number of nitrogens with zero attached hydrogens (tertiary/aromatic N) is 2. The molecule has 17 heavy (non-hydrogen) atoms. The Kier molecular flexibility index (Phi) is 3.42. The molecule has 0 unspecified atom stereocenters. The van der Waals surface area contributed by atoms with Crippen LogP contribution in [-0.2, 0) is 0 Å². The summed E-state index contributed by atoms with van der Waals surface area (Å²) < 4.78 is 39.7. The number of hydrogen-bond acceptors (Lipinski definition) is 2. The average Bonchev–Trinajstić information content (AvgIpc) is 2.29. The molecule has 0 amide bonds. The van der Waals surface area contributed by atoms with Crippen LogP contribution in [0.1, 0.15) is 0 Å². The maximum atomic E-state index is 12.0. The van der Waals surface area contributed by atoms with E-state index in [0.29, 0.717) is 0 Å². The van der Waals surface area contributed by atoms with E-state index in [0.717, 1.165) is 31.9 Å². The molecule has 1 aliphatic rings. The van der Waals surface area contributed by atoms with Crippen molar-refractivity contribution in [1.29, 1.82) is 0 Å². The Balaban J connectivity index is 2.02. The summed E-state index contributed by atoms with van der Waals surface area (Å²) in [5, 5.41) is 4.20. The van der Waals surface area contributed by atoms with Gasteiger partial charge < -0.3 is 9.64 Å². The third-order valence-electron chi connectivity index (χ3n) is 2.49. The van der Waals surface area contributed by atoms with Crippen molar-refractivity contribution in [3.05, 3.63) is 24.3 Å². The highest BCUT2D eigenvalue weighted by Gasteiger charge is 2.31. The van der Waals surface area contributed by atoms with Gasteiger partial charge in [-0.2, -0.15) is 0 Å². The Labute approximate surface area is 97.2 Å². The van der Waals surface area contributed by atoms with Gasteiger partial charge in [-0.15, -0.1) is 13.2 Å². The Morgan fingerprint density at radius 1 is 1.06 bits per heavy atom. The van der Waals surface area contributed by atoms with E-state index in [1.807, 2.05) is 0 Å². The quantitative estimate of drug-likeness (QED) is 0.796. The van der Waals surface area contributed by atoms with Crippen LogP contribution in [0.2, 0.25) is 0 Å². The van der Waals surface area contributed by atoms with Gasteiger partial charge in [0, 0.05) is 31.9 Å². The second-order valence-electron chi connectivity index (χ2n) is 3.70. The summed E-state index contributed by atoms with van der Waals surface area (Å²) in [7, 11) is 0. The highest BCUT2D eigenvalue weighted by atomic mass is 19.4. The van der Waals surface area contributed by atoms with Crippen LogP contribution in [0.3, 0.4) is 0 Å². The van der Waals surface area contributed by atoms with E-state index in [4.69, 9.17) is 0 Å². The van der Waals surface area contributed by atoms with Gasteiger partial charge in [0.15, 0.2) is 0 Å². The first kappa shape index (κ1) is 12.0. The number of piperazine rings is 1. The smallest absolute Gasteiger partial charge is 0.406 e. The Morgan fingerprint density at radius 2 is 1.65 bits per heavy atom. The van der Waals surface area contributed by atoms with Crippen LogP contribution >= 0.6 is 0 Å². The van der Waals surface area contributed by atoms with Gasteiger partial charge in [0.25, 0.3) is 0 Å². The molecule has 6 heteroatoms. The monoisotopic (exact) mass is 245 g/mol. The normalized spacial score (nSPS) is 17.0. The van der Waals surface area contributed by atoms with Crippen molar-refractivity contribution in [2.45, 2.75) is 6.36 Å². The largest absolute Gasteiger partial charge is 0.573 e. The maximum absolute atomic E-state index is 12.0. The van der Waals surface area contributed by atoms with Crippen molar-refractivity contribution >= 4 is 5.69 Å². The molecule has 1 heterocycles. The zero-order valence-electron chi connectivity index (χ0n) is 9.07. The lowest BCUT2D eigenvalue weighted by Crippen LogP contribution is -2.40. The van der Waals surface area contributed by atoms with Crippen molar-refractivity contribution in [3.63, 3.8) is 0 Å². The molecule has 1 aromatic rings. The first-order valence-electron chi connectivity index (χ1n) is 5.29. The van der Waals surface area contributed by atoms with Crippen LogP contribution in [0.4, 0.5) is 18.9 Å². The van der Waals surface area contributed by atoms with Crippen LogP contribution < -0.4 is 15.0 Å². The van der Waals surface area contributed by atoms with Crippen LogP contribution in [0, 0.1) is 0 Å². The lowest BCUT2D eigenvalue weighted by Gasteiger charge is -2.28. The Hall–Kier alpha value is -1.43.